The third kappa shape index (κ3) is 3.85. The third-order valence-electron chi connectivity index (χ3n) is 6.22. The molecule has 1 aliphatic heterocycles. The zero-order valence-electron chi connectivity index (χ0n) is 18.4. The second-order valence-electron chi connectivity index (χ2n) is 8.42. The lowest BCUT2D eigenvalue weighted by Crippen LogP contribution is -2.44. The summed E-state index contributed by atoms with van der Waals surface area (Å²) in [6, 6.07) is 14.6. The molecule has 0 aliphatic carbocycles. The molecule has 164 valence electrons. The van der Waals surface area contributed by atoms with Gasteiger partial charge >= 0.3 is 0 Å². The minimum absolute atomic E-state index is 0.568. The molecular weight excluding hydrogens is 412 g/mol. The minimum Gasteiger partial charge on any atom is -0.369 e. The number of fused-ring (bicyclic) bond motifs is 2. The molecule has 1 aliphatic rings. The number of likely N-dealkylation sites (N-methyl/N-ethyl adjacent to an activating group) is 1. The molecule has 33 heavy (non-hydrogen) atoms. The van der Waals surface area contributed by atoms with Crippen molar-refractivity contribution < 1.29 is 0 Å². The third-order valence-corrected chi connectivity index (χ3v) is 6.22. The van der Waals surface area contributed by atoms with Gasteiger partial charge in [0.05, 0.1) is 5.52 Å². The fraction of sp³-hybridized carbons (Fsp3) is 0.200. The molecule has 1 saturated heterocycles. The molecule has 4 heterocycles. The number of aromatic amines is 1. The first-order valence-electron chi connectivity index (χ1n) is 11.1. The van der Waals surface area contributed by atoms with Gasteiger partial charge in [-0.25, -0.2) is 15.0 Å². The summed E-state index contributed by atoms with van der Waals surface area (Å²) in [5.74, 6) is 0.568. The van der Waals surface area contributed by atoms with Gasteiger partial charge in [-0.05, 0) is 42.9 Å². The smallest absolute Gasteiger partial charge is 0.229 e. The SMILES string of the molecule is CN1CCN(c2cccc(Nc3ncc4c(-c5ccc6ncncc6c5)c[nH]c4n3)c2)CC1. The van der Waals surface area contributed by atoms with E-state index in [4.69, 9.17) is 4.98 Å². The van der Waals surface area contributed by atoms with Gasteiger partial charge in [0, 0.05) is 72.5 Å². The lowest BCUT2D eigenvalue weighted by molar-refractivity contribution is 0.313. The van der Waals surface area contributed by atoms with Crippen molar-refractivity contribution in [2.75, 3.05) is 43.4 Å². The van der Waals surface area contributed by atoms with E-state index in [1.54, 1.807) is 6.33 Å². The van der Waals surface area contributed by atoms with E-state index in [0.29, 0.717) is 5.95 Å². The minimum atomic E-state index is 0.568. The van der Waals surface area contributed by atoms with Gasteiger partial charge in [0.1, 0.15) is 12.0 Å². The Morgan fingerprint density at radius 3 is 2.79 bits per heavy atom. The lowest BCUT2D eigenvalue weighted by Gasteiger charge is -2.34. The summed E-state index contributed by atoms with van der Waals surface area (Å²) in [5.41, 5.74) is 6.05. The number of hydrogen-bond donors (Lipinski definition) is 2. The fourth-order valence-corrected chi connectivity index (χ4v) is 4.33. The van der Waals surface area contributed by atoms with Crippen LogP contribution in [0.15, 0.2) is 67.4 Å². The number of rotatable bonds is 4. The van der Waals surface area contributed by atoms with E-state index < -0.39 is 0 Å². The summed E-state index contributed by atoms with van der Waals surface area (Å²) in [6.07, 6.45) is 7.24. The van der Waals surface area contributed by atoms with E-state index in [0.717, 1.165) is 64.9 Å². The predicted molar refractivity (Wildman–Crippen MR) is 132 cm³/mol. The van der Waals surface area contributed by atoms with Crippen LogP contribution in [0.1, 0.15) is 0 Å². The standard InChI is InChI=1S/C25H24N8/c1-32-7-9-33(10-8-32)20-4-2-3-19(12-20)30-25-28-15-22-21(14-27-24(22)31-25)17-5-6-23-18(11-17)13-26-16-29-23/h2-6,11-16H,7-10H2,1H3,(H2,27,28,30,31). The fourth-order valence-electron chi connectivity index (χ4n) is 4.33. The van der Waals surface area contributed by atoms with Gasteiger partial charge in [-0.3, -0.25) is 0 Å². The van der Waals surface area contributed by atoms with Gasteiger partial charge in [0.25, 0.3) is 0 Å². The number of piperazine rings is 1. The van der Waals surface area contributed by atoms with E-state index in [9.17, 15) is 0 Å². The van der Waals surface area contributed by atoms with Gasteiger partial charge in [-0.15, -0.1) is 0 Å². The monoisotopic (exact) mass is 436 g/mol. The van der Waals surface area contributed by atoms with Crippen LogP contribution in [0.4, 0.5) is 17.3 Å². The van der Waals surface area contributed by atoms with E-state index >= 15 is 0 Å². The van der Waals surface area contributed by atoms with Crippen LogP contribution in [0, 0.1) is 0 Å². The first kappa shape index (κ1) is 19.6. The number of nitrogens with one attached hydrogen (secondary N) is 2. The normalized spacial score (nSPS) is 14.8. The van der Waals surface area contributed by atoms with Gasteiger partial charge in [-0.1, -0.05) is 12.1 Å². The average molecular weight is 437 g/mol. The maximum atomic E-state index is 4.71. The highest BCUT2D eigenvalue weighted by molar-refractivity contribution is 5.96. The van der Waals surface area contributed by atoms with Crippen molar-refractivity contribution in [2.45, 2.75) is 0 Å². The Morgan fingerprint density at radius 2 is 1.88 bits per heavy atom. The number of H-pyrrole nitrogens is 1. The van der Waals surface area contributed by atoms with Crippen molar-refractivity contribution in [1.29, 1.82) is 0 Å². The summed E-state index contributed by atoms with van der Waals surface area (Å²) in [7, 11) is 2.17. The number of aromatic nitrogens is 5. The Hall–Kier alpha value is -4.04. The second-order valence-corrected chi connectivity index (χ2v) is 8.42. The van der Waals surface area contributed by atoms with Crippen LogP contribution in [0.5, 0.6) is 0 Å². The molecule has 6 rings (SSSR count). The Balaban J connectivity index is 1.26. The molecule has 1 fully saturated rings. The van der Waals surface area contributed by atoms with Crippen molar-refractivity contribution in [2.24, 2.45) is 0 Å². The van der Waals surface area contributed by atoms with Gasteiger partial charge in [0.15, 0.2) is 0 Å². The van der Waals surface area contributed by atoms with Crippen LogP contribution in [0.2, 0.25) is 0 Å². The molecule has 0 saturated carbocycles. The Labute approximate surface area is 191 Å². The molecule has 2 N–H and O–H groups in total. The van der Waals surface area contributed by atoms with Crippen LogP contribution in [-0.2, 0) is 0 Å². The van der Waals surface area contributed by atoms with E-state index in [-0.39, 0.29) is 0 Å². The maximum Gasteiger partial charge on any atom is 0.229 e. The number of benzene rings is 2. The quantitative estimate of drug-likeness (QED) is 0.439. The molecule has 0 amide bonds. The Kier molecular flexibility index (Phi) is 4.84. The largest absolute Gasteiger partial charge is 0.369 e. The first-order chi connectivity index (χ1) is 16.2. The molecule has 2 aromatic carbocycles. The molecule has 3 aromatic heterocycles. The van der Waals surface area contributed by atoms with Gasteiger partial charge in [-0.2, -0.15) is 4.98 Å². The van der Waals surface area contributed by atoms with Gasteiger partial charge < -0.3 is 20.1 Å². The summed E-state index contributed by atoms with van der Waals surface area (Å²) >= 11 is 0. The zero-order valence-corrected chi connectivity index (χ0v) is 18.4. The zero-order chi connectivity index (χ0) is 22.2. The first-order valence-corrected chi connectivity index (χ1v) is 11.1. The summed E-state index contributed by atoms with van der Waals surface area (Å²) in [4.78, 5) is 25.8. The highest BCUT2D eigenvalue weighted by Gasteiger charge is 2.15. The Bertz CT molecular complexity index is 1440. The molecule has 0 atom stereocenters. The molecule has 0 radical (unpaired) electrons. The molecule has 8 heteroatoms. The van der Waals surface area contributed by atoms with Crippen molar-refractivity contribution in [3.05, 3.63) is 67.4 Å². The van der Waals surface area contributed by atoms with Crippen LogP contribution in [0.3, 0.4) is 0 Å². The highest BCUT2D eigenvalue weighted by Crippen LogP contribution is 2.30. The van der Waals surface area contributed by atoms with E-state index in [2.05, 4.69) is 72.4 Å². The van der Waals surface area contributed by atoms with Gasteiger partial charge in [0.2, 0.25) is 5.95 Å². The summed E-state index contributed by atoms with van der Waals surface area (Å²) in [5, 5.41) is 5.34. The summed E-state index contributed by atoms with van der Waals surface area (Å²) < 4.78 is 0. The average Bonchev–Trinajstić information content (AvgIpc) is 3.28. The van der Waals surface area contributed by atoms with Crippen LogP contribution >= 0.6 is 0 Å². The highest BCUT2D eigenvalue weighted by atomic mass is 15.2. The number of hydrogen-bond acceptors (Lipinski definition) is 7. The molecule has 0 bridgehead atoms. The molecule has 0 spiro atoms. The molecule has 8 nitrogen and oxygen atoms in total. The van der Waals surface area contributed by atoms with Crippen LogP contribution in [-0.4, -0.2) is 63.0 Å². The molecule has 0 unspecified atom stereocenters. The summed E-state index contributed by atoms with van der Waals surface area (Å²) in [6.45, 7) is 4.23. The van der Waals surface area contributed by atoms with Crippen molar-refractivity contribution in [3.8, 4) is 11.1 Å². The van der Waals surface area contributed by atoms with E-state index in [1.165, 1.54) is 5.69 Å². The number of nitrogens with zero attached hydrogens (tertiary/aromatic N) is 6. The van der Waals surface area contributed by atoms with Crippen LogP contribution in [0.25, 0.3) is 33.1 Å². The van der Waals surface area contributed by atoms with Crippen molar-refractivity contribution in [3.63, 3.8) is 0 Å². The Morgan fingerprint density at radius 1 is 0.970 bits per heavy atom. The van der Waals surface area contributed by atoms with Crippen molar-refractivity contribution in [1.82, 2.24) is 29.8 Å². The maximum absolute atomic E-state index is 4.71. The number of anilines is 3. The predicted octanol–water partition coefficient (Wildman–Crippen LogP) is 4.06. The molecule has 5 aromatic rings. The topological polar surface area (TPSA) is 85.9 Å². The second kappa shape index (κ2) is 8.14. The van der Waals surface area contributed by atoms with E-state index in [1.807, 2.05) is 30.7 Å². The van der Waals surface area contributed by atoms with Crippen LogP contribution < -0.4 is 10.2 Å². The van der Waals surface area contributed by atoms with Crippen molar-refractivity contribution >= 4 is 39.3 Å². The molecular formula is C25H24N8. The lowest BCUT2D eigenvalue weighted by atomic mass is 10.0.